The molecule has 1 fully saturated rings. The molecule has 0 saturated carbocycles. The Kier molecular flexibility index (Phi) is 8.24. The molecule has 4 N–H and O–H groups in total. The predicted octanol–water partition coefficient (Wildman–Crippen LogP) is 0.496. The van der Waals surface area contributed by atoms with Crippen molar-refractivity contribution in [3.63, 3.8) is 0 Å². The Hall–Kier alpha value is -0.760. The molecule has 0 bridgehead atoms. The van der Waals surface area contributed by atoms with Crippen LogP contribution in [0, 0.1) is 0 Å². The number of aliphatic hydroxyl groups is 4. The molecular formula is C16H28O6. The van der Waals surface area contributed by atoms with E-state index in [2.05, 4.69) is 19.9 Å². The van der Waals surface area contributed by atoms with Crippen LogP contribution in [0.3, 0.4) is 0 Å². The highest BCUT2D eigenvalue weighted by atomic mass is 16.7. The first kappa shape index (κ1) is 19.3. The van der Waals surface area contributed by atoms with Crippen LogP contribution in [0.1, 0.15) is 33.6 Å². The van der Waals surface area contributed by atoms with Gasteiger partial charge in [-0.25, -0.2) is 0 Å². The highest BCUT2D eigenvalue weighted by Crippen LogP contribution is 2.22. The zero-order valence-electron chi connectivity index (χ0n) is 13.5. The third-order valence-electron chi connectivity index (χ3n) is 3.63. The number of allylic oxidation sites excluding steroid dienone is 3. The van der Waals surface area contributed by atoms with E-state index in [1.54, 1.807) is 0 Å². The Labute approximate surface area is 131 Å². The third-order valence-corrected chi connectivity index (χ3v) is 3.63. The standard InChI is InChI=1S/C16H28O6/c1-10(2)5-4-6-11(3)7-8-21-16-15(20)14(19)13(18)12(9-17)22-16/h5,7,12-20H,4,6,8-9H2,1-3H3/b11-7-. The topological polar surface area (TPSA) is 99.4 Å². The van der Waals surface area contributed by atoms with Crippen LogP contribution in [0.25, 0.3) is 0 Å². The van der Waals surface area contributed by atoms with Crippen molar-refractivity contribution >= 4 is 0 Å². The molecular weight excluding hydrogens is 288 g/mol. The summed E-state index contributed by atoms with van der Waals surface area (Å²) in [6.45, 7) is 5.88. The maximum absolute atomic E-state index is 9.82. The summed E-state index contributed by atoms with van der Waals surface area (Å²) in [4.78, 5) is 0. The summed E-state index contributed by atoms with van der Waals surface area (Å²) in [6.07, 6.45) is -0.190. The normalized spacial score (nSPS) is 32.9. The monoisotopic (exact) mass is 316 g/mol. The first-order valence-electron chi connectivity index (χ1n) is 7.58. The smallest absolute Gasteiger partial charge is 0.187 e. The lowest BCUT2D eigenvalue weighted by Gasteiger charge is -2.39. The van der Waals surface area contributed by atoms with Crippen molar-refractivity contribution in [1.29, 1.82) is 0 Å². The highest BCUT2D eigenvalue weighted by Gasteiger charge is 2.43. The molecule has 1 rings (SSSR count). The molecule has 1 heterocycles. The lowest BCUT2D eigenvalue weighted by atomic mass is 9.99. The highest BCUT2D eigenvalue weighted by molar-refractivity contribution is 5.02. The van der Waals surface area contributed by atoms with Gasteiger partial charge in [-0.3, -0.25) is 0 Å². The van der Waals surface area contributed by atoms with Gasteiger partial charge in [0, 0.05) is 0 Å². The summed E-state index contributed by atoms with van der Waals surface area (Å²) in [6, 6.07) is 0. The van der Waals surface area contributed by atoms with Gasteiger partial charge >= 0.3 is 0 Å². The minimum absolute atomic E-state index is 0.226. The Balaban J connectivity index is 2.44. The molecule has 128 valence electrons. The molecule has 0 aromatic carbocycles. The molecule has 5 unspecified atom stereocenters. The molecule has 0 spiro atoms. The van der Waals surface area contributed by atoms with Gasteiger partial charge < -0.3 is 29.9 Å². The van der Waals surface area contributed by atoms with E-state index in [4.69, 9.17) is 14.6 Å². The van der Waals surface area contributed by atoms with Crippen LogP contribution in [0.15, 0.2) is 23.3 Å². The fraction of sp³-hybridized carbons (Fsp3) is 0.750. The van der Waals surface area contributed by atoms with E-state index in [-0.39, 0.29) is 6.61 Å². The summed E-state index contributed by atoms with van der Waals surface area (Å²) in [5.74, 6) is 0. The van der Waals surface area contributed by atoms with Crippen LogP contribution < -0.4 is 0 Å². The van der Waals surface area contributed by atoms with Crippen molar-refractivity contribution in [2.45, 2.75) is 64.3 Å². The summed E-state index contributed by atoms with van der Waals surface area (Å²) in [7, 11) is 0. The minimum atomic E-state index is -1.40. The van der Waals surface area contributed by atoms with Gasteiger partial charge in [-0.1, -0.05) is 23.3 Å². The first-order valence-corrected chi connectivity index (χ1v) is 7.58. The number of ether oxygens (including phenoxy) is 2. The third kappa shape index (κ3) is 5.79. The molecule has 0 aliphatic carbocycles. The van der Waals surface area contributed by atoms with Crippen molar-refractivity contribution in [1.82, 2.24) is 0 Å². The van der Waals surface area contributed by atoms with Gasteiger partial charge in [0.2, 0.25) is 0 Å². The van der Waals surface area contributed by atoms with Crippen LogP contribution >= 0.6 is 0 Å². The van der Waals surface area contributed by atoms with Crippen molar-refractivity contribution in [3.05, 3.63) is 23.3 Å². The SMILES string of the molecule is CC(C)=CCC/C(C)=C\COC1OC(CO)C(O)C(O)C1O. The summed E-state index contributed by atoms with van der Waals surface area (Å²) < 4.78 is 10.7. The van der Waals surface area contributed by atoms with Gasteiger partial charge in [-0.05, 0) is 33.6 Å². The van der Waals surface area contributed by atoms with E-state index in [1.165, 1.54) is 5.57 Å². The van der Waals surface area contributed by atoms with Gasteiger partial charge in [0.05, 0.1) is 13.2 Å². The van der Waals surface area contributed by atoms with E-state index < -0.39 is 37.3 Å². The van der Waals surface area contributed by atoms with Gasteiger partial charge in [-0.15, -0.1) is 0 Å². The lowest BCUT2D eigenvalue weighted by Crippen LogP contribution is -2.59. The van der Waals surface area contributed by atoms with Crippen LogP contribution in [-0.2, 0) is 9.47 Å². The molecule has 0 aromatic heterocycles. The first-order chi connectivity index (χ1) is 10.4. The molecule has 0 amide bonds. The second kappa shape index (κ2) is 9.39. The predicted molar refractivity (Wildman–Crippen MR) is 82.1 cm³/mol. The molecule has 0 aromatic rings. The molecule has 1 saturated heterocycles. The van der Waals surface area contributed by atoms with E-state index in [0.29, 0.717) is 0 Å². The maximum Gasteiger partial charge on any atom is 0.187 e. The fourth-order valence-electron chi connectivity index (χ4n) is 2.18. The molecule has 1 aliphatic heterocycles. The summed E-state index contributed by atoms with van der Waals surface area (Å²) in [5.41, 5.74) is 2.44. The molecule has 5 atom stereocenters. The van der Waals surface area contributed by atoms with Crippen molar-refractivity contribution < 1.29 is 29.9 Å². The van der Waals surface area contributed by atoms with E-state index in [9.17, 15) is 15.3 Å². The maximum atomic E-state index is 9.82. The largest absolute Gasteiger partial charge is 0.394 e. The van der Waals surface area contributed by atoms with Crippen molar-refractivity contribution in [2.24, 2.45) is 0 Å². The van der Waals surface area contributed by atoms with Gasteiger partial charge in [0.1, 0.15) is 24.4 Å². The fourth-order valence-corrected chi connectivity index (χ4v) is 2.18. The number of rotatable bonds is 7. The van der Waals surface area contributed by atoms with Gasteiger partial charge in [0.15, 0.2) is 6.29 Å². The molecule has 1 aliphatic rings. The van der Waals surface area contributed by atoms with E-state index in [1.807, 2.05) is 13.0 Å². The van der Waals surface area contributed by atoms with Gasteiger partial charge in [-0.2, -0.15) is 0 Å². The summed E-state index contributed by atoms with van der Waals surface area (Å²) in [5, 5.41) is 38.2. The Bertz CT molecular complexity index is 386. The Morgan fingerprint density at radius 3 is 2.32 bits per heavy atom. The second-order valence-electron chi connectivity index (χ2n) is 5.90. The molecule has 0 radical (unpaired) electrons. The minimum Gasteiger partial charge on any atom is -0.394 e. The number of aliphatic hydroxyl groups excluding tert-OH is 4. The van der Waals surface area contributed by atoms with E-state index >= 15 is 0 Å². The van der Waals surface area contributed by atoms with Crippen LogP contribution in [0.5, 0.6) is 0 Å². The van der Waals surface area contributed by atoms with E-state index in [0.717, 1.165) is 18.4 Å². The molecule has 6 heteroatoms. The molecule has 6 nitrogen and oxygen atoms in total. The van der Waals surface area contributed by atoms with Crippen LogP contribution in [0.2, 0.25) is 0 Å². The number of hydrogen-bond acceptors (Lipinski definition) is 6. The zero-order valence-corrected chi connectivity index (χ0v) is 13.5. The lowest BCUT2D eigenvalue weighted by molar-refractivity contribution is -0.298. The number of hydrogen-bond donors (Lipinski definition) is 4. The van der Waals surface area contributed by atoms with Gasteiger partial charge in [0.25, 0.3) is 0 Å². The Morgan fingerprint density at radius 1 is 1.05 bits per heavy atom. The Morgan fingerprint density at radius 2 is 1.73 bits per heavy atom. The molecule has 22 heavy (non-hydrogen) atoms. The zero-order chi connectivity index (χ0) is 16.7. The average molecular weight is 316 g/mol. The quantitative estimate of drug-likeness (QED) is 0.510. The van der Waals surface area contributed by atoms with Crippen LogP contribution in [0.4, 0.5) is 0 Å². The average Bonchev–Trinajstić information content (AvgIpc) is 2.47. The van der Waals surface area contributed by atoms with Crippen LogP contribution in [-0.4, -0.2) is 64.3 Å². The van der Waals surface area contributed by atoms with Crippen molar-refractivity contribution in [2.75, 3.05) is 13.2 Å². The summed E-state index contributed by atoms with van der Waals surface area (Å²) >= 11 is 0. The second-order valence-corrected chi connectivity index (χ2v) is 5.90. The van der Waals surface area contributed by atoms with Crippen molar-refractivity contribution in [3.8, 4) is 0 Å².